The summed E-state index contributed by atoms with van der Waals surface area (Å²) in [5.74, 6) is 0.377. The molecule has 0 unspecified atom stereocenters. The number of hydrogen-bond acceptors (Lipinski definition) is 5. The number of nitrogens with zero attached hydrogens (tertiary/aromatic N) is 2. The third-order valence-electron chi connectivity index (χ3n) is 4.22. The minimum Gasteiger partial charge on any atom is -0.377 e. The van der Waals surface area contributed by atoms with Gasteiger partial charge in [-0.05, 0) is 12.8 Å². The van der Waals surface area contributed by atoms with Crippen molar-refractivity contribution in [2.24, 2.45) is 0 Å². The maximum atomic E-state index is 12.6. The number of methoxy groups -OCH3 is 1. The molecule has 126 valence electrons. The monoisotopic (exact) mass is 328 g/mol. The SMILES string of the molecule is COCc1cc(C(=O)N2CCC[C@@H]2CC(=O)c2ccccc2)no1. The van der Waals surface area contributed by atoms with Gasteiger partial charge in [0.15, 0.2) is 17.2 Å². The lowest BCUT2D eigenvalue weighted by Gasteiger charge is -2.23. The standard InChI is InChI=1S/C18H20N2O4/c1-23-12-15-11-16(19-24-15)18(22)20-9-5-8-14(20)10-17(21)13-6-3-2-4-7-13/h2-4,6-7,11,14H,5,8-10,12H2,1H3/t14-/m1/s1. The van der Waals surface area contributed by atoms with Crippen molar-refractivity contribution < 1.29 is 18.8 Å². The molecule has 0 N–H and O–H groups in total. The second kappa shape index (κ2) is 7.40. The fourth-order valence-electron chi connectivity index (χ4n) is 3.04. The van der Waals surface area contributed by atoms with Crippen molar-refractivity contribution in [2.45, 2.75) is 31.9 Å². The van der Waals surface area contributed by atoms with E-state index in [1.165, 1.54) is 0 Å². The van der Waals surface area contributed by atoms with E-state index in [9.17, 15) is 9.59 Å². The van der Waals surface area contributed by atoms with Crippen molar-refractivity contribution in [1.29, 1.82) is 0 Å². The topological polar surface area (TPSA) is 72.6 Å². The number of aromatic nitrogens is 1. The van der Waals surface area contributed by atoms with Crippen molar-refractivity contribution >= 4 is 11.7 Å². The number of likely N-dealkylation sites (tertiary alicyclic amines) is 1. The lowest BCUT2D eigenvalue weighted by Crippen LogP contribution is -2.37. The van der Waals surface area contributed by atoms with E-state index in [4.69, 9.17) is 9.26 Å². The molecule has 0 spiro atoms. The molecule has 1 aromatic heterocycles. The van der Waals surface area contributed by atoms with Crippen molar-refractivity contribution in [3.8, 4) is 0 Å². The average molecular weight is 328 g/mol. The molecule has 2 aromatic rings. The van der Waals surface area contributed by atoms with Crippen LogP contribution >= 0.6 is 0 Å². The van der Waals surface area contributed by atoms with Gasteiger partial charge in [0, 0.05) is 37.7 Å². The van der Waals surface area contributed by atoms with E-state index in [1.807, 2.05) is 18.2 Å². The van der Waals surface area contributed by atoms with Crippen LogP contribution in [0.3, 0.4) is 0 Å². The lowest BCUT2D eigenvalue weighted by molar-refractivity contribution is 0.0707. The maximum absolute atomic E-state index is 12.6. The summed E-state index contributed by atoms with van der Waals surface area (Å²) in [6.45, 7) is 0.911. The number of ether oxygens (including phenoxy) is 1. The minimum atomic E-state index is -0.190. The minimum absolute atomic E-state index is 0.0560. The van der Waals surface area contributed by atoms with Gasteiger partial charge in [0.05, 0.1) is 0 Å². The van der Waals surface area contributed by atoms with Crippen LogP contribution in [0.2, 0.25) is 0 Å². The van der Waals surface area contributed by atoms with Crippen LogP contribution in [0.25, 0.3) is 0 Å². The van der Waals surface area contributed by atoms with E-state index in [1.54, 1.807) is 30.2 Å². The Kier molecular flexibility index (Phi) is 5.05. The fraction of sp³-hybridized carbons (Fsp3) is 0.389. The van der Waals surface area contributed by atoms with Gasteiger partial charge in [-0.2, -0.15) is 0 Å². The first-order valence-electron chi connectivity index (χ1n) is 8.03. The van der Waals surface area contributed by atoms with E-state index < -0.39 is 0 Å². The molecule has 0 bridgehead atoms. The molecule has 6 heteroatoms. The summed E-state index contributed by atoms with van der Waals surface area (Å²) in [6, 6.07) is 10.7. The van der Waals surface area contributed by atoms with E-state index in [0.29, 0.717) is 24.3 Å². The predicted molar refractivity (Wildman–Crippen MR) is 86.7 cm³/mol. The number of hydrogen-bond donors (Lipinski definition) is 0. The Morgan fingerprint density at radius 2 is 2.12 bits per heavy atom. The first-order valence-corrected chi connectivity index (χ1v) is 8.03. The van der Waals surface area contributed by atoms with Crippen LogP contribution in [0.5, 0.6) is 0 Å². The van der Waals surface area contributed by atoms with Gasteiger partial charge in [-0.15, -0.1) is 0 Å². The summed E-state index contributed by atoms with van der Waals surface area (Å²) in [7, 11) is 1.55. The molecule has 1 amide bonds. The second-order valence-electron chi connectivity index (χ2n) is 5.90. The number of benzene rings is 1. The van der Waals surface area contributed by atoms with Crippen LogP contribution in [0.4, 0.5) is 0 Å². The van der Waals surface area contributed by atoms with Crippen molar-refractivity contribution in [2.75, 3.05) is 13.7 Å². The van der Waals surface area contributed by atoms with Gasteiger partial charge >= 0.3 is 0 Å². The highest BCUT2D eigenvalue weighted by Crippen LogP contribution is 2.24. The number of carbonyl (C=O) groups excluding carboxylic acids is 2. The Labute approximate surface area is 140 Å². The summed E-state index contributed by atoms with van der Waals surface area (Å²) >= 11 is 0. The zero-order chi connectivity index (χ0) is 16.9. The molecule has 0 aliphatic carbocycles. The van der Waals surface area contributed by atoms with Crippen LogP contribution in [0.15, 0.2) is 40.9 Å². The number of amides is 1. The van der Waals surface area contributed by atoms with Crippen LogP contribution in [-0.2, 0) is 11.3 Å². The molecule has 2 heterocycles. The quantitative estimate of drug-likeness (QED) is 0.762. The molecule has 1 saturated heterocycles. The molecule has 0 radical (unpaired) electrons. The smallest absolute Gasteiger partial charge is 0.276 e. The Balaban J connectivity index is 1.68. The lowest BCUT2D eigenvalue weighted by atomic mass is 10.0. The molecule has 6 nitrogen and oxygen atoms in total. The van der Waals surface area contributed by atoms with Crippen molar-refractivity contribution in [1.82, 2.24) is 10.1 Å². The molecule has 1 aliphatic rings. The molecular weight excluding hydrogens is 308 g/mol. The Morgan fingerprint density at radius 3 is 2.88 bits per heavy atom. The summed E-state index contributed by atoms with van der Waals surface area (Å²) in [5.41, 5.74) is 0.946. The molecule has 24 heavy (non-hydrogen) atoms. The van der Waals surface area contributed by atoms with Crippen LogP contribution < -0.4 is 0 Å². The molecule has 3 rings (SSSR count). The number of ketones is 1. The fourth-order valence-corrected chi connectivity index (χ4v) is 3.04. The van der Waals surface area contributed by atoms with Gasteiger partial charge < -0.3 is 14.2 Å². The highest BCUT2D eigenvalue weighted by molar-refractivity contribution is 5.97. The van der Waals surface area contributed by atoms with E-state index in [2.05, 4.69) is 5.16 Å². The largest absolute Gasteiger partial charge is 0.377 e. The second-order valence-corrected chi connectivity index (χ2v) is 5.90. The zero-order valence-electron chi connectivity index (χ0n) is 13.6. The summed E-state index contributed by atoms with van der Waals surface area (Å²) < 4.78 is 10.0. The summed E-state index contributed by atoms with van der Waals surface area (Å²) in [5, 5.41) is 3.82. The molecule has 1 aliphatic heterocycles. The third kappa shape index (κ3) is 3.54. The average Bonchev–Trinajstić information content (AvgIpc) is 3.25. The third-order valence-corrected chi connectivity index (χ3v) is 4.22. The molecular formula is C18H20N2O4. The van der Waals surface area contributed by atoms with Crippen LogP contribution in [-0.4, -0.2) is 41.4 Å². The van der Waals surface area contributed by atoms with E-state index in [-0.39, 0.29) is 30.0 Å². The molecule has 1 aromatic carbocycles. The summed E-state index contributed by atoms with van der Waals surface area (Å²) in [6.07, 6.45) is 2.05. The first-order chi connectivity index (χ1) is 11.7. The highest BCUT2D eigenvalue weighted by Gasteiger charge is 2.32. The van der Waals surface area contributed by atoms with Crippen LogP contribution in [0, 0.1) is 0 Å². The van der Waals surface area contributed by atoms with Gasteiger partial charge in [-0.3, -0.25) is 9.59 Å². The maximum Gasteiger partial charge on any atom is 0.276 e. The van der Waals surface area contributed by atoms with Crippen molar-refractivity contribution in [3.63, 3.8) is 0 Å². The molecule has 1 atom stereocenters. The van der Waals surface area contributed by atoms with Gasteiger partial charge in [0.25, 0.3) is 5.91 Å². The molecule has 0 saturated carbocycles. The van der Waals surface area contributed by atoms with E-state index >= 15 is 0 Å². The number of rotatable bonds is 6. The molecule has 1 fully saturated rings. The number of Topliss-reactive ketones (excluding diaryl/α,β-unsaturated/α-hetero) is 1. The van der Waals surface area contributed by atoms with Gasteiger partial charge in [-0.1, -0.05) is 35.5 Å². The Morgan fingerprint density at radius 1 is 1.33 bits per heavy atom. The zero-order valence-corrected chi connectivity index (χ0v) is 13.6. The van der Waals surface area contributed by atoms with Gasteiger partial charge in [-0.25, -0.2) is 0 Å². The normalized spacial score (nSPS) is 17.2. The van der Waals surface area contributed by atoms with Crippen LogP contribution in [0.1, 0.15) is 45.9 Å². The predicted octanol–water partition coefficient (Wildman–Crippen LogP) is 2.70. The van der Waals surface area contributed by atoms with Gasteiger partial charge in [0.2, 0.25) is 0 Å². The number of carbonyl (C=O) groups is 2. The first kappa shape index (κ1) is 16.4. The van der Waals surface area contributed by atoms with E-state index in [0.717, 1.165) is 12.8 Å². The highest BCUT2D eigenvalue weighted by atomic mass is 16.5. The van der Waals surface area contributed by atoms with Crippen molar-refractivity contribution in [3.05, 3.63) is 53.4 Å². The Hall–Kier alpha value is -2.47. The van der Waals surface area contributed by atoms with Gasteiger partial charge in [0.1, 0.15) is 6.61 Å². The summed E-state index contributed by atoms with van der Waals surface area (Å²) in [4.78, 5) is 26.8. The Bertz CT molecular complexity index is 711.